The molecule has 1 unspecified atom stereocenters. The number of fused-ring (bicyclic) bond motifs is 5. The third-order valence-electron chi connectivity index (χ3n) is 7.20. The van der Waals surface area contributed by atoms with Crippen molar-refractivity contribution in [1.29, 1.82) is 0 Å². The number of aliphatic imine (C=N–C) groups is 1. The van der Waals surface area contributed by atoms with Crippen LogP contribution in [0.2, 0.25) is 0 Å². The summed E-state index contributed by atoms with van der Waals surface area (Å²) in [6, 6.07) is 6.09. The second-order valence-electron chi connectivity index (χ2n) is 9.83. The topological polar surface area (TPSA) is 124 Å². The Labute approximate surface area is 287 Å². The number of nitrogens with zero attached hydrogens (tertiary/aromatic N) is 6. The fourth-order valence-electron chi connectivity index (χ4n) is 5.13. The zero-order valence-electron chi connectivity index (χ0n) is 25.7. The van der Waals surface area contributed by atoms with Crippen LogP contribution in [0.15, 0.2) is 65.6 Å². The van der Waals surface area contributed by atoms with Crippen molar-refractivity contribution < 1.29 is 56.4 Å². The van der Waals surface area contributed by atoms with Crippen molar-refractivity contribution >= 4 is 46.7 Å². The van der Waals surface area contributed by atoms with E-state index in [9.17, 15) is 4.79 Å². The number of carbonyl (C=O) groups is 1. The van der Waals surface area contributed by atoms with E-state index in [1.165, 1.54) is 36.7 Å². The zero-order valence-corrected chi connectivity index (χ0v) is 25.7. The maximum absolute atomic E-state index is 15.1. The molecule has 1 fully saturated rings. The molecule has 1 N–H and O–H groups in total. The summed E-state index contributed by atoms with van der Waals surface area (Å²) in [7, 11) is 0. The van der Waals surface area contributed by atoms with Crippen molar-refractivity contribution in [2.75, 3.05) is 29.9 Å². The Hall–Kier alpha value is -3.87. The number of hydrogen-bond donors (Lipinski definition) is 1. The smallest absolute Gasteiger partial charge is 0.577 e. The summed E-state index contributed by atoms with van der Waals surface area (Å²) in [5.74, 6) is 2.14. The van der Waals surface area contributed by atoms with Gasteiger partial charge in [-0.1, -0.05) is 0 Å². The number of carbonyl (C=O) groups excluding carboxylic acids is 1. The number of ketones is 1. The standard InChI is InChI=1S/C31H28FN7O3.CH3.2Li/c1-3-5-22(40)7-6-20-11-13-39-16-21(20)17-41-28-15-27-29(38-31(28)39)30(36-19-35-27)37-26-9-8-24(14-25(26)32)42-23(4-2)10-12-34-18-33;;;/h2-5,8-10,14-15,18-21H,1,6-7,11,13,16-17H2,(H,35,36,37);1H3;;/q-4;-1;2*+1/b5-3+,23-10+;;;/t20?,21-;;;/m0.../s1. The van der Waals surface area contributed by atoms with E-state index >= 15 is 4.39 Å². The van der Waals surface area contributed by atoms with Crippen molar-refractivity contribution in [1.82, 2.24) is 15.0 Å². The SMILES string of the molecule is [CH-]=C/C(=C\[C-]=NC=[N-])Oc1ccc(Nc2ncnc3cc4c(nc23)N2CCC(CCC(=O)/C=C/[CH2-])[C@H](CO4)C2)c(F)c1.[CH3-].[Li+].[Li+]. The number of aromatic nitrogens is 3. The molecule has 2 aromatic heterocycles. The van der Waals surface area contributed by atoms with Crippen LogP contribution < -0.4 is 57.4 Å². The Morgan fingerprint density at radius 2 is 2.16 bits per heavy atom. The Morgan fingerprint density at radius 1 is 1.33 bits per heavy atom. The van der Waals surface area contributed by atoms with Gasteiger partial charge in [-0.3, -0.25) is 6.58 Å². The minimum Gasteiger partial charge on any atom is -0.577 e. The number of nitrogens with one attached hydrogen (secondary N) is 1. The van der Waals surface area contributed by atoms with Crippen molar-refractivity contribution in [3.8, 4) is 11.5 Å². The molecule has 0 radical (unpaired) electrons. The van der Waals surface area contributed by atoms with Gasteiger partial charge in [0.1, 0.15) is 23.4 Å². The fourth-order valence-corrected chi connectivity index (χ4v) is 5.13. The summed E-state index contributed by atoms with van der Waals surface area (Å²) in [5.41, 5.74) is 1.19. The molecule has 1 saturated heterocycles. The molecule has 2 bridgehead atoms. The van der Waals surface area contributed by atoms with E-state index in [0.29, 0.717) is 53.7 Å². The summed E-state index contributed by atoms with van der Waals surface area (Å²) in [6.07, 6.45) is 12.1. The van der Waals surface area contributed by atoms with Gasteiger partial charge < -0.3 is 42.3 Å². The molecule has 224 valence electrons. The summed E-state index contributed by atoms with van der Waals surface area (Å²) in [6.45, 7) is 11.2. The monoisotopic (exact) mass is 594 g/mol. The van der Waals surface area contributed by atoms with Gasteiger partial charge in [-0.25, -0.2) is 44.9 Å². The summed E-state index contributed by atoms with van der Waals surface area (Å²) in [4.78, 5) is 31.2. The van der Waals surface area contributed by atoms with Crippen molar-refractivity contribution in [2.45, 2.75) is 19.3 Å². The van der Waals surface area contributed by atoms with Crippen LogP contribution >= 0.6 is 0 Å². The summed E-state index contributed by atoms with van der Waals surface area (Å²) in [5, 5.41) is 11.6. The Morgan fingerprint density at radius 3 is 2.89 bits per heavy atom. The summed E-state index contributed by atoms with van der Waals surface area (Å²) < 4.78 is 26.8. The van der Waals surface area contributed by atoms with Gasteiger partial charge in [-0.15, -0.1) is 6.08 Å². The Kier molecular flexibility index (Phi) is 14.6. The van der Waals surface area contributed by atoms with Crippen LogP contribution in [0.1, 0.15) is 19.3 Å². The predicted octanol–water partition coefficient (Wildman–Crippen LogP) is -0.262. The molecule has 0 spiro atoms. The van der Waals surface area contributed by atoms with E-state index < -0.39 is 5.82 Å². The minimum atomic E-state index is -0.593. The van der Waals surface area contributed by atoms with E-state index in [4.69, 9.17) is 26.4 Å². The molecule has 13 heteroatoms. The average molecular weight is 595 g/mol. The fraction of sp³-hybridized carbons (Fsp3) is 0.250. The molecule has 0 aliphatic carbocycles. The van der Waals surface area contributed by atoms with E-state index in [2.05, 4.69) is 38.3 Å². The van der Waals surface area contributed by atoms with Gasteiger partial charge in [-0.2, -0.15) is 12.2 Å². The normalized spacial score (nSPS) is 17.2. The number of benzene rings is 1. The molecule has 0 saturated carbocycles. The maximum atomic E-state index is 15.1. The first-order valence-electron chi connectivity index (χ1n) is 13.4. The van der Waals surface area contributed by atoms with Gasteiger partial charge in [0.25, 0.3) is 0 Å². The predicted molar refractivity (Wildman–Crippen MR) is 166 cm³/mol. The van der Waals surface area contributed by atoms with Gasteiger partial charge in [0.05, 0.1) is 23.6 Å². The third kappa shape index (κ3) is 9.09. The zero-order chi connectivity index (χ0) is 29.5. The first kappa shape index (κ1) is 37.3. The largest absolute Gasteiger partial charge is 1.00 e. The number of piperidine rings is 1. The van der Waals surface area contributed by atoms with Crippen molar-refractivity contribution in [2.24, 2.45) is 16.8 Å². The average Bonchev–Trinajstić information content (AvgIpc) is 3.13. The molecular weight excluding hydrogens is 563 g/mol. The second kappa shape index (κ2) is 17.6. The number of rotatable bonds is 11. The molecule has 2 atom stereocenters. The van der Waals surface area contributed by atoms with Crippen LogP contribution in [-0.4, -0.2) is 53.0 Å². The number of pyridine rings is 1. The first-order chi connectivity index (χ1) is 20.5. The number of allylic oxidation sites excluding steroid dienone is 4. The molecule has 2 aliphatic heterocycles. The van der Waals surface area contributed by atoms with Gasteiger partial charge in [-0.05, 0) is 37.3 Å². The van der Waals surface area contributed by atoms with E-state index in [1.807, 2.05) is 6.07 Å². The molecule has 5 rings (SSSR count). The second-order valence-corrected chi connectivity index (χ2v) is 9.83. The quantitative estimate of drug-likeness (QED) is 0.0613. The van der Waals surface area contributed by atoms with Crippen LogP contribution in [0.25, 0.3) is 16.4 Å². The number of halogens is 1. The Bertz CT molecular complexity index is 1600. The van der Waals surface area contributed by atoms with Gasteiger partial charge in [0.15, 0.2) is 17.4 Å². The molecule has 10 nitrogen and oxygen atoms in total. The van der Waals surface area contributed by atoms with Gasteiger partial charge in [0.2, 0.25) is 0 Å². The molecule has 2 aliphatic rings. The van der Waals surface area contributed by atoms with Crippen LogP contribution in [-0.2, 0) is 4.79 Å². The number of hydrogen-bond acceptors (Lipinski definition) is 8. The molecule has 1 aromatic carbocycles. The van der Waals surface area contributed by atoms with Gasteiger partial charge >= 0.3 is 37.7 Å². The molecule has 45 heavy (non-hydrogen) atoms. The van der Waals surface area contributed by atoms with Crippen molar-refractivity contribution in [3.05, 3.63) is 92.8 Å². The molecule has 4 heterocycles. The van der Waals surface area contributed by atoms with Crippen molar-refractivity contribution in [3.63, 3.8) is 0 Å². The maximum Gasteiger partial charge on any atom is 1.00 e. The van der Waals surface area contributed by atoms with Crippen LogP contribution in [0.4, 0.5) is 21.7 Å². The van der Waals surface area contributed by atoms with Crippen LogP contribution in [0.3, 0.4) is 0 Å². The minimum absolute atomic E-state index is 0. The number of anilines is 3. The van der Waals surface area contributed by atoms with Crippen LogP contribution in [0.5, 0.6) is 11.5 Å². The number of ether oxygens (including phenoxy) is 2. The summed E-state index contributed by atoms with van der Waals surface area (Å²) >= 11 is 0. The first-order valence-corrected chi connectivity index (χ1v) is 13.4. The molecule has 3 aromatic rings. The van der Waals surface area contributed by atoms with E-state index in [-0.39, 0.29) is 74.0 Å². The van der Waals surface area contributed by atoms with E-state index in [1.54, 1.807) is 6.07 Å². The third-order valence-corrected chi connectivity index (χ3v) is 7.20. The van der Waals surface area contributed by atoms with Gasteiger partial charge in [0, 0.05) is 36.9 Å². The molecule has 0 amide bonds. The van der Waals surface area contributed by atoms with Crippen LogP contribution in [0, 0.1) is 38.6 Å². The Balaban J connectivity index is 0.00000235. The molecular formula is C32H31FLi2N7O3-3. The van der Waals surface area contributed by atoms with E-state index in [0.717, 1.165) is 32.0 Å².